The lowest BCUT2D eigenvalue weighted by molar-refractivity contribution is -0.0454. The zero-order valence-electron chi connectivity index (χ0n) is 17.4. The number of rotatable bonds is 4. The first-order chi connectivity index (χ1) is 15.5. The van der Waals surface area contributed by atoms with Gasteiger partial charge in [0, 0.05) is 24.6 Å². The fourth-order valence-corrected chi connectivity index (χ4v) is 4.58. The number of H-pyrrole nitrogens is 1. The lowest BCUT2D eigenvalue weighted by atomic mass is 9.89. The summed E-state index contributed by atoms with van der Waals surface area (Å²) in [5, 5.41) is 6.87. The average molecular weight is 439 g/mol. The highest BCUT2D eigenvalue weighted by Gasteiger charge is 2.45. The number of nitrogens with one attached hydrogen (secondary N) is 1. The van der Waals surface area contributed by atoms with Gasteiger partial charge in [-0.15, -0.1) is 0 Å². The minimum absolute atomic E-state index is 0.197. The van der Waals surface area contributed by atoms with Gasteiger partial charge in [-0.1, -0.05) is 18.2 Å². The largest absolute Gasteiger partial charge is 0.488 e. The van der Waals surface area contributed by atoms with Gasteiger partial charge in [0.05, 0.1) is 24.4 Å². The van der Waals surface area contributed by atoms with Crippen LogP contribution in [0.25, 0.3) is 11.3 Å². The van der Waals surface area contributed by atoms with Gasteiger partial charge in [0.15, 0.2) is 0 Å². The maximum absolute atomic E-state index is 14.1. The molecule has 0 bridgehead atoms. The Balaban J connectivity index is 1.26. The molecular formula is C24H23F2N3O3. The van der Waals surface area contributed by atoms with E-state index in [4.69, 9.17) is 9.47 Å². The number of carbonyl (C=O) groups is 1. The van der Waals surface area contributed by atoms with E-state index in [9.17, 15) is 13.6 Å². The van der Waals surface area contributed by atoms with Crippen molar-refractivity contribution in [3.8, 4) is 17.0 Å². The van der Waals surface area contributed by atoms with Crippen LogP contribution in [0.5, 0.6) is 5.75 Å². The number of halogens is 2. The van der Waals surface area contributed by atoms with Gasteiger partial charge in [-0.3, -0.25) is 9.89 Å². The van der Waals surface area contributed by atoms with E-state index in [2.05, 4.69) is 10.2 Å². The van der Waals surface area contributed by atoms with Crippen molar-refractivity contribution in [3.63, 3.8) is 0 Å². The van der Waals surface area contributed by atoms with Gasteiger partial charge in [0.2, 0.25) is 0 Å². The van der Waals surface area contributed by atoms with Crippen molar-refractivity contribution in [1.29, 1.82) is 0 Å². The molecule has 2 aliphatic rings. The summed E-state index contributed by atoms with van der Waals surface area (Å²) >= 11 is 0. The topological polar surface area (TPSA) is 67.5 Å². The zero-order chi connectivity index (χ0) is 22.1. The predicted octanol–water partition coefficient (Wildman–Crippen LogP) is 4.20. The molecule has 5 rings (SSSR count). The third-order valence-corrected chi connectivity index (χ3v) is 6.06. The van der Waals surface area contributed by atoms with E-state index in [0.29, 0.717) is 48.8 Å². The van der Waals surface area contributed by atoms with Crippen molar-refractivity contribution in [2.24, 2.45) is 0 Å². The molecule has 1 aromatic heterocycles. The molecule has 1 amide bonds. The summed E-state index contributed by atoms with van der Waals surface area (Å²) in [6.07, 6.45) is 2.04. The van der Waals surface area contributed by atoms with Gasteiger partial charge in [0.1, 0.15) is 29.2 Å². The van der Waals surface area contributed by atoms with Crippen molar-refractivity contribution in [2.75, 3.05) is 19.7 Å². The van der Waals surface area contributed by atoms with Crippen LogP contribution in [0.2, 0.25) is 0 Å². The Morgan fingerprint density at radius 1 is 1.19 bits per heavy atom. The summed E-state index contributed by atoms with van der Waals surface area (Å²) in [6, 6.07) is 14.0. The molecule has 0 aliphatic carbocycles. The number of nitrogens with zero attached hydrogens (tertiary/aromatic N) is 2. The number of hydrogen-bond donors (Lipinski definition) is 1. The first-order valence-corrected chi connectivity index (χ1v) is 10.7. The van der Waals surface area contributed by atoms with Crippen LogP contribution < -0.4 is 4.74 Å². The maximum atomic E-state index is 14.1. The minimum Gasteiger partial charge on any atom is -0.488 e. The molecule has 3 aromatic rings. The lowest BCUT2D eigenvalue weighted by Gasteiger charge is -2.39. The summed E-state index contributed by atoms with van der Waals surface area (Å²) in [4.78, 5) is 14.9. The summed E-state index contributed by atoms with van der Waals surface area (Å²) in [6.45, 7) is 1.43. The number of likely N-dealkylation sites (tertiary alicyclic amines) is 1. The fraction of sp³-hybridized carbons (Fsp3) is 0.333. The fourth-order valence-electron chi connectivity index (χ4n) is 4.58. The van der Waals surface area contributed by atoms with E-state index >= 15 is 0 Å². The third kappa shape index (κ3) is 4.10. The van der Waals surface area contributed by atoms with E-state index in [-0.39, 0.29) is 17.8 Å². The first-order valence-electron chi connectivity index (χ1n) is 10.7. The second kappa shape index (κ2) is 8.35. The van der Waals surface area contributed by atoms with Crippen LogP contribution in [0.1, 0.15) is 29.8 Å². The van der Waals surface area contributed by atoms with Crippen molar-refractivity contribution < 1.29 is 23.0 Å². The van der Waals surface area contributed by atoms with Crippen LogP contribution >= 0.6 is 0 Å². The number of aromatic nitrogens is 2. The number of carbonyl (C=O) groups excluding carboxylic acids is 1. The molecular weight excluding hydrogens is 416 g/mol. The number of hydrogen-bond acceptors (Lipinski definition) is 4. The SMILES string of the molecule is O=C(c1cc(-c2ccccc2F)n[nH]1)N1CCC[C@@]2(C[C@@H](Oc3cccc(F)c3)CO2)C1. The number of amides is 1. The molecule has 2 atom stereocenters. The smallest absolute Gasteiger partial charge is 0.271 e. The quantitative estimate of drug-likeness (QED) is 0.662. The van der Waals surface area contributed by atoms with E-state index in [1.807, 2.05) is 0 Å². The van der Waals surface area contributed by atoms with Crippen molar-refractivity contribution >= 4 is 5.91 Å². The van der Waals surface area contributed by atoms with Crippen LogP contribution in [-0.2, 0) is 4.74 Å². The van der Waals surface area contributed by atoms with Gasteiger partial charge in [0.25, 0.3) is 5.91 Å². The standard InChI is InChI=1S/C24H23F2N3O3/c25-16-5-3-6-17(11-16)32-18-13-24(31-14-18)9-4-10-29(15-24)23(30)22-12-21(27-28-22)19-7-1-2-8-20(19)26/h1-3,5-8,11-12,18H,4,9-10,13-15H2,(H,27,28)/t18-,24-/m1/s1. The van der Waals surface area contributed by atoms with Crippen molar-refractivity contribution in [3.05, 3.63) is 71.9 Å². The van der Waals surface area contributed by atoms with Crippen LogP contribution in [0.15, 0.2) is 54.6 Å². The summed E-state index contributed by atoms with van der Waals surface area (Å²) in [7, 11) is 0. The van der Waals surface area contributed by atoms with Crippen LogP contribution in [-0.4, -0.2) is 52.4 Å². The Morgan fingerprint density at radius 2 is 2.06 bits per heavy atom. The van der Waals surface area contributed by atoms with Gasteiger partial charge in [-0.25, -0.2) is 8.78 Å². The molecule has 0 saturated carbocycles. The lowest BCUT2D eigenvalue weighted by Crippen LogP contribution is -2.50. The molecule has 2 saturated heterocycles. The number of benzene rings is 2. The Morgan fingerprint density at radius 3 is 2.91 bits per heavy atom. The minimum atomic E-state index is -0.486. The van der Waals surface area contributed by atoms with E-state index < -0.39 is 11.4 Å². The number of piperidine rings is 1. The Labute approximate surface area is 184 Å². The Kier molecular flexibility index (Phi) is 5.38. The Bertz CT molecular complexity index is 1130. The van der Waals surface area contributed by atoms with E-state index in [0.717, 1.165) is 12.8 Å². The molecule has 2 aliphatic heterocycles. The molecule has 0 unspecified atom stereocenters. The maximum Gasteiger partial charge on any atom is 0.271 e. The predicted molar refractivity (Wildman–Crippen MR) is 113 cm³/mol. The molecule has 0 radical (unpaired) electrons. The third-order valence-electron chi connectivity index (χ3n) is 6.06. The highest BCUT2D eigenvalue weighted by molar-refractivity contribution is 5.93. The van der Waals surface area contributed by atoms with Crippen LogP contribution in [0, 0.1) is 11.6 Å². The normalized spacial score (nSPS) is 22.9. The van der Waals surface area contributed by atoms with E-state index in [1.165, 1.54) is 18.2 Å². The molecule has 1 N–H and O–H groups in total. The molecule has 8 heteroatoms. The van der Waals surface area contributed by atoms with Crippen LogP contribution in [0.3, 0.4) is 0 Å². The molecule has 166 valence electrons. The molecule has 3 heterocycles. The Hall–Kier alpha value is -3.26. The molecule has 2 aromatic carbocycles. The molecule has 6 nitrogen and oxygen atoms in total. The first kappa shape index (κ1) is 20.6. The summed E-state index contributed by atoms with van der Waals surface area (Å²) in [5.74, 6) is -0.465. The van der Waals surface area contributed by atoms with Gasteiger partial charge in [-0.2, -0.15) is 5.10 Å². The van der Waals surface area contributed by atoms with Gasteiger partial charge >= 0.3 is 0 Å². The number of aromatic amines is 1. The highest BCUT2D eigenvalue weighted by atomic mass is 19.1. The second-order valence-electron chi connectivity index (χ2n) is 8.37. The van der Waals surface area contributed by atoms with Crippen LogP contribution in [0.4, 0.5) is 8.78 Å². The van der Waals surface area contributed by atoms with E-state index in [1.54, 1.807) is 41.3 Å². The summed E-state index contributed by atoms with van der Waals surface area (Å²) < 4.78 is 39.5. The number of ether oxygens (including phenoxy) is 2. The second-order valence-corrected chi connectivity index (χ2v) is 8.37. The van der Waals surface area contributed by atoms with Crippen molar-refractivity contribution in [2.45, 2.75) is 31.0 Å². The summed E-state index contributed by atoms with van der Waals surface area (Å²) in [5.41, 5.74) is 0.555. The average Bonchev–Trinajstić information content (AvgIpc) is 3.41. The molecule has 1 spiro atoms. The van der Waals surface area contributed by atoms with Gasteiger partial charge in [-0.05, 0) is 43.2 Å². The molecule has 32 heavy (non-hydrogen) atoms. The monoisotopic (exact) mass is 439 g/mol. The van der Waals surface area contributed by atoms with Crippen molar-refractivity contribution in [1.82, 2.24) is 15.1 Å². The highest BCUT2D eigenvalue weighted by Crippen LogP contribution is 2.37. The molecule has 2 fully saturated rings. The zero-order valence-corrected chi connectivity index (χ0v) is 17.4. The van der Waals surface area contributed by atoms with Gasteiger partial charge < -0.3 is 14.4 Å².